The van der Waals surface area contributed by atoms with Gasteiger partial charge in [-0.15, -0.1) is 0 Å². The second-order valence-electron chi connectivity index (χ2n) is 5.09. The van der Waals surface area contributed by atoms with E-state index in [1.165, 1.54) is 6.07 Å². The lowest BCUT2D eigenvalue weighted by atomic mass is 10.1. The van der Waals surface area contributed by atoms with Crippen molar-refractivity contribution >= 4 is 0 Å². The number of aliphatic hydroxyl groups is 1. The van der Waals surface area contributed by atoms with Gasteiger partial charge in [0.15, 0.2) is 11.6 Å². The van der Waals surface area contributed by atoms with E-state index in [0.717, 1.165) is 29.1 Å². The fourth-order valence-electron chi connectivity index (χ4n) is 2.24. The molecule has 21 heavy (non-hydrogen) atoms. The van der Waals surface area contributed by atoms with Gasteiger partial charge in [-0.3, -0.25) is 4.68 Å². The Kier molecular flexibility index (Phi) is 4.69. The Morgan fingerprint density at radius 1 is 1.29 bits per heavy atom. The molecule has 4 nitrogen and oxygen atoms in total. The second kappa shape index (κ2) is 6.32. The van der Waals surface area contributed by atoms with Crippen LogP contribution in [0.5, 0.6) is 0 Å². The summed E-state index contributed by atoms with van der Waals surface area (Å²) in [6.07, 6.45) is -0.891. The summed E-state index contributed by atoms with van der Waals surface area (Å²) in [4.78, 5) is 0. The van der Waals surface area contributed by atoms with Gasteiger partial charge >= 0.3 is 0 Å². The summed E-state index contributed by atoms with van der Waals surface area (Å²) in [5.41, 5.74) is 3.42. The lowest BCUT2D eigenvalue weighted by Gasteiger charge is -2.12. The van der Waals surface area contributed by atoms with Crippen LogP contribution < -0.4 is 5.32 Å². The number of aromatic nitrogens is 2. The number of aliphatic hydroxyl groups excluding tert-OH is 1. The second-order valence-corrected chi connectivity index (χ2v) is 5.09. The van der Waals surface area contributed by atoms with Gasteiger partial charge in [0.25, 0.3) is 0 Å². The van der Waals surface area contributed by atoms with Gasteiger partial charge in [0.2, 0.25) is 0 Å². The maximum absolute atomic E-state index is 13.1. The van der Waals surface area contributed by atoms with E-state index in [-0.39, 0.29) is 6.54 Å². The van der Waals surface area contributed by atoms with E-state index in [1.807, 2.05) is 20.9 Å². The van der Waals surface area contributed by atoms with Crippen LogP contribution in [0.3, 0.4) is 0 Å². The number of hydrogen-bond acceptors (Lipinski definition) is 3. The highest BCUT2D eigenvalue weighted by atomic mass is 19.2. The SMILES string of the molecule is Cc1nn(C)c(C)c1CNCC(O)c1ccc(F)c(F)c1. The molecule has 1 aromatic heterocycles. The van der Waals surface area contributed by atoms with Gasteiger partial charge in [0, 0.05) is 31.4 Å². The zero-order valence-electron chi connectivity index (χ0n) is 12.3. The molecule has 1 atom stereocenters. The average molecular weight is 295 g/mol. The highest BCUT2D eigenvalue weighted by Gasteiger charge is 2.12. The summed E-state index contributed by atoms with van der Waals surface area (Å²) in [5, 5.41) is 17.4. The van der Waals surface area contributed by atoms with E-state index in [4.69, 9.17) is 0 Å². The minimum Gasteiger partial charge on any atom is -0.387 e. The van der Waals surface area contributed by atoms with Gasteiger partial charge < -0.3 is 10.4 Å². The molecule has 0 spiro atoms. The fraction of sp³-hybridized carbons (Fsp3) is 0.400. The molecule has 2 rings (SSSR count). The van der Waals surface area contributed by atoms with E-state index >= 15 is 0 Å². The molecule has 1 heterocycles. The van der Waals surface area contributed by atoms with Gasteiger partial charge in [-0.1, -0.05) is 6.07 Å². The number of halogens is 2. The van der Waals surface area contributed by atoms with E-state index in [1.54, 1.807) is 4.68 Å². The van der Waals surface area contributed by atoms with E-state index in [9.17, 15) is 13.9 Å². The van der Waals surface area contributed by atoms with Gasteiger partial charge in [-0.25, -0.2) is 8.78 Å². The average Bonchev–Trinajstić information content (AvgIpc) is 2.68. The molecule has 0 amide bonds. The molecule has 2 N–H and O–H groups in total. The Balaban J connectivity index is 1.95. The molecule has 0 bridgehead atoms. The quantitative estimate of drug-likeness (QED) is 0.888. The molecule has 0 aliphatic carbocycles. The smallest absolute Gasteiger partial charge is 0.159 e. The Labute approximate surface area is 122 Å². The fourth-order valence-corrected chi connectivity index (χ4v) is 2.24. The topological polar surface area (TPSA) is 50.1 Å². The van der Waals surface area contributed by atoms with Crippen molar-refractivity contribution in [1.82, 2.24) is 15.1 Å². The lowest BCUT2D eigenvalue weighted by molar-refractivity contribution is 0.173. The first-order chi connectivity index (χ1) is 9.90. The maximum atomic E-state index is 13.1. The van der Waals surface area contributed by atoms with Crippen LogP contribution in [0.25, 0.3) is 0 Å². The zero-order valence-corrected chi connectivity index (χ0v) is 12.3. The minimum absolute atomic E-state index is 0.249. The molecule has 0 saturated heterocycles. The molecule has 0 radical (unpaired) electrons. The third-order valence-electron chi connectivity index (χ3n) is 3.63. The van der Waals surface area contributed by atoms with Crippen LogP contribution in [0.4, 0.5) is 8.78 Å². The molecule has 0 aliphatic heterocycles. The van der Waals surface area contributed by atoms with Gasteiger partial charge in [-0.2, -0.15) is 5.10 Å². The number of nitrogens with zero attached hydrogens (tertiary/aromatic N) is 2. The first-order valence-corrected chi connectivity index (χ1v) is 6.73. The van der Waals surface area contributed by atoms with Crippen LogP contribution in [0.1, 0.15) is 28.6 Å². The minimum atomic E-state index is -0.953. The van der Waals surface area contributed by atoms with Crippen molar-refractivity contribution in [3.8, 4) is 0 Å². The molecule has 1 aromatic carbocycles. The first-order valence-electron chi connectivity index (χ1n) is 6.73. The van der Waals surface area contributed by atoms with Crippen LogP contribution in [0.15, 0.2) is 18.2 Å². The number of hydrogen-bond donors (Lipinski definition) is 2. The highest BCUT2D eigenvalue weighted by Crippen LogP contribution is 2.16. The van der Waals surface area contributed by atoms with Crippen molar-refractivity contribution in [3.63, 3.8) is 0 Å². The largest absolute Gasteiger partial charge is 0.387 e. The molecular formula is C15H19F2N3O. The lowest BCUT2D eigenvalue weighted by Crippen LogP contribution is -2.21. The Bertz CT molecular complexity index is 640. The Hall–Kier alpha value is -1.79. The standard InChI is InChI=1S/C15H19F2N3O/c1-9-12(10(2)20(3)19-9)7-18-8-15(21)11-4-5-13(16)14(17)6-11/h4-6,15,18,21H,7-8H2,1-3H3. The first kappa shape index (κ1) is 15.6. The predicted molar refractivity (Wildman–Crippen MR) is 75.7 cm³/mol. The maximum Gasteiger partial charge on any atom is 0.159 e. The molecule has 2 aromatic rings. The monoisotopic (exact) mass is 295 g/mol. The number of nitrogens with one attached hydrogen (secondary N) is 1. The summed E-state index contributed by atoms with van der Waals surface area (Å²) >= 11 is 0. The Morgan fingerprint density at radius 3 is 2.57 bits per heavy atom. The molecule has 0 fully saturated rings. The number of rotatable bonds is 5. The van der Waals surface area contributed by atoms with Crippen LogP contribution in [0, 0.1) is 25.5 Å². The van der Waals surface area contributed by atoms with E-state index < -0.39 is 17.7 Å². The summed E-state index contributed by atoms with van der Waals surface area (Å²) in [5.74, 6) is -1.87. The number of aryl methyl sites for hydroxylation is 2. The van der Waals surface area contributed by atoms with E-state index in [0.29, 0.717) is 12.1 Å². The van der Waals surface area contributed by atoms with Crippen molar-refractivity contribution in [2.45, 2.75) is 26.5 Å². The van der Waals surface area contributed by atoms with Gasteiger partial charge in [0.05, 0.1) is 11.8 Å². The van der Waals surface area contributed by atoms with Crippen LogP contribution in [-0.2, 0) is 13.6 Å². The summed E-state index contributed by atoms with van der Waals surface area (Å²) in [6.45, 7) is 4.71. The van der Waals surface area contributed by atoms with Crippen molar-refractivity contribution in [3.05, 3.63) is 52.3 Å². The van der Waals surface area contributed by atoms with Crippen molar-refractivity contribution in [2.75, 3.05) is 6.54 Å². The molecule has 0 aliphatic rings. The van der Waals surface area contributed by atoms with Crippen LogP contribution in [0.2, 0.25) is 0 Å². The van der Waals surface area contributed by atoms with Gasteiger partial charge in [-0.05, 0) is 31.5 Å². The molecule has 6 heteroatoms. The van der Waals surface area contributed by atoms with Crippen LogP contribution in [-0.4, -0.2) is 21.4 Å². The third kappa shape index (κ3) is 3.46. The predicted octanol–water partition coefficient (Wildman–Crippen LogP) is 2.14. The van der Waals surface area contributed by atoms with Gasteiger partial charge in [0.1, 0.15) is 0 Å². The molecule has 114 valence electrons. The van der Waals surface area contributed by atoms with Crippen molar-refractivity contribution < 1.29 is 13.9 Å². The zero-order chi connectivity index (χ0) is 15.6. The van der Waals surface area contributed by atoms with Crippen molar-refractivity contribution in [2.24, 2.45) is 7.05 Å². The summed E-state index contributed by atoms with van der Waals surface area (Å²) < 4.78 is 27.8. The Morgan fingerprint density at radius 2 is 2.00 bits per heavy atom. The summed E-state index contributed by atoms with van der Waals surface area (Å²) in [6, 6.07) is 3.41. The molecular weight excluding hydrogens is 276 g/mol. The van der Waals surface area contributed by atoms with Crippen molar-refractivity contribution in [1.29, 1.82) is 0 Å². The molecule has 0 saturated carbocycles. The van der Waals surface area contributed by atoms with E-state index in [2.05, 4.69) is 10.4 Å². The van der Waals surface area contributed by atoms with Crippen LogP contribution >= 0.6 is 0 Å². The normalized spacial score (nSPS) is 12.7. The highest BCUT2D eigenvalue weighted by molar-refractivity contribution is 5.24. The number of benzene rings is 1. The molecule has 1 unspecified atom stereocenters. The summed E-state index contributed by atoms with van der Waals surface area (Å²) in [7, 11) is 1.88. The third-order valence-corrected chi connectivity index (χ3v) is 3.63.